The van der Waals surface area contributed by atoms with E-state index in [0.717, 1.165) is 24.2 Å². The van der Waals surface area contributed by atoms with Crippen LogP contribution < -0.4 is 10.4 Å². The van der Waals surface area contributed by atoms with Crippen LogP contribution in [0.1, 0.15) is 34.1 Å². The zero-order valence-electron chi connectivity index (χ0n) is 17.6. The van der Waals surface area contributed by atoms with Crippen molar-refractivity contribution in [2.24, 2.45) is 0 Å². The Morgan fingerprint density at radius 1 is 0.966 bits per heavy atom. The molecule has 9 heteroatoms. The molecule has 0 amide bonds. The monoisotopic (exact) mass is 423 g/mol. The van der Waals surface area contributed by atoms with Crippen LogP contribution in [0.3, 0.4) is 0 Å². The molecule has 0 bridgehead atoms. The molecule has 29 heavy (non-hydrogen) atoms. The minimum atomic E-state index is -3.50. The summed E-state index contributed by atoms with van der Waals surface area (Å²) in [4.78, 5) is 2.46. The van der Waals surface area contributed by atoms with Crippen LogP contribution in [0.4, 0.5) is 5.69 Å². The summed E-state index contributed by atoms with van der Waals surface area (Å²) in [6, 6.07) is 5.46. The second-order valence-corrected chi connectivity index (χ2v) is 11.2. The number of ether oxygens (including phenoxy) is 2. The van der Waals surface area contributed by atoms with Crippen molar-refractivity contribution in [2.45, 2.75) is 55.5 Å². The molecular weight excluding hydrogens is 393 g/mol. The van der Waals surface area contributed by atoms with Crippen LogP contribution in [0.15, 0.2) is 23.1 Å². The van der Waals surface area contributed by atoms with E-state index in [1.54, 1.807) is 12.1 Å². The fourth-order valence-electron chi connectivity index (χ4n) is 3.84. The summed E-state index contributed by atoms with van der Waals surface area (Å²) in [6.07, 6.45) is 0.524. The second kappa shape index (κ2) is 7.53. The number of hydrogen-bond acceptors (Lipinski definition) is 7. The third-order valence-corrected chi connectivity index (χ3v) is 8.61. The molecule has 0 aromatic heterocycles. The van der Waals surface area contributed by atoms with Crippen LogP contribution in [0.5, 0.6) is 0 Å². The smallest absolute Gasteiger partial charge is 0.399 e. The first-order valence-corrected chi connectivity index (χ1v) is 11.8. The predicted molar refractivity (Wildman–Crippen MR) is 112 cm³/mol. The molecule has 0 spiro atoms. The van der Waals surface area contributed by atoms with Gasteiger partial charge in [-0.05, 0) is 57.8 Å². The van der Waals surface area contributed by atoms with Gasteiger partial charge in [0.25, 0.3) is 0 Å². The molecule has 1 atom stereocenters. The maximum absolute atomic E-state index is 13.3. The fourth-order valence-corrected chi connectivity index (χ4v) is 5.49. The SMILES string of the molecule is CC1(C)OB(c2cc(N3CCOCC3)cc(S(=O)(=O)[C@@H]3CCOC3)c2)OC1(C)C. The van der Waals surface area contributed by atoms with E-state index in [9.17, 15) is 8.42 Å². The Hall–Kier alpha value is -1.13. The van der Waals surface area contributed by atoms with E-state index in [0.29, 0.717) is 31.1 Å². The van der Waals surface area contributed by atoms with E-state index in [-0.39, 0.29) is 6.61 Å². The molecule has 3 aliphatic heterocycles. The van der Waals surface area contributed by atoms with Gasteiger partial charge in [-0.1, -0.05) is 0 Å². The lowest BCUT2D eigenvalue weighted by Gasteiger charge is -2.32. The van der Waals surface area contributed by atoms with Crippen LogP contribution in [-0.4, -0.2) is 71.5 Å². The second-order valence-electron chi connectivity index (χ2n) is 8.98. The van der Waals surface area contributed by atoms with Gasteiger partial charge in [0.2, 0.25) is 0 Å². The lowest BCUT2D eigenvalue weighted by molar-refractivity contribution is 0.00578. The third kappa shape index (κ3) is 3.95. The maximum Gasteiger partial charge on any atom is 0.494 e. The normalized spacial score (nSPS) is 26.8. The summed E-state index contributed by atoms with van der Waals surface area (Å²) in [5, 5.41) is -0.506. The minimum Gasteiger partial charge on any atom is -0.399 e. The molecule has 3 fully saturated rings. The van der Waals surface area contributed by atoms with Crippen LogP contribution in [-0.2, 0) is 28.6 Å². The van der Waals surface area contributed by atoms with Gasteiger partial charge < -0.3 is 23.7 Å². The number of nitrogens with zero attached hydrogens (tertiary/aromatic N) is 1. The Morgan fingerprint density at radius 2 is 1.62 bits per heavy atom. The molecule has 3 saturated heterocycles. The van der Waals surface area contributed by atoms with Gasteiger partial charge in [-0.15, -0.1) is 0 Å². The number of rotatable bonds is 4. The van der Waals surface area contributed by atoms with Gasteiger partial charge >= 0.3 is 7.12 Å². The summed E-state index contributed by atoms with van der Waals surface area (Å²) in [5.41, 5.74) is 0.596. The van der Waals surface area contributed by atoms with E-state index in [1.165, 1.54) is 0 Å². The first-order chi connectivity index (χ1) is 13.6. The molecule has 1 aromatic carbocycles. The minimum absolute atomic E-state index is 0.246. The third-order valence-electron chi connectivity index (χ3n) is 6.47. The van der Waals surface area contributed by atoms with Crippen molar-refractivity contribution in [3.63, 3.8) is 0 Å². The Bertz CT molecular complexity index is 844. The van der Waals surface area contributed by atoms with E-state index in [4.69, 9.17) is 18.8 Å². The van der Waals surface area contributed by atoms with Gasteiger partial charge in [0.1, 0.15) is 0 Å². The number of benzene rings is 1. The Kier molecular flexibility index (Phi) is 5.49. The van der Waals surface area contributed by atoms with Crippen molar-refractivity contribution in [3.8, 4) is 0 Å². The van der Waals surface area contributed by atoms with Gasteiger partial charge in [-0.2, -0.15) is 0 Å². The van der Waals surface area contributed by atoms with Crippen molar-refractivity contribution in [3.05, 3.63) is 18.2 Å². The van der Waals surface area contributed by atoms with Crippen molar-refractivity contribution >= 4 is 28.1 Å². The van der Waals surface area contributed by atoms with E-state index in [2.05, 4.69) is 4.90 Å². The summed E-state index contributed by atoms with van der Waals surface area (Å²) in [5.74, 6) is 0. The standard InChI is InChI=1S/C20H30BNO6S/c1-19(2)20(3,4)28-21(27-19)15-11-16(22-6-9-25-10-7-22)13-18(12-15)29(23,24)17-5-8-26-14-17/h11-13,17H,5-10,14H2,1-4H3/t17-/m1/s1. The first kappa shape index (κ1) is 21.1. The van der Waals surface area contributed by atoms with Crippen molar-refractivity contribution in [2.75, 3.05) is 44.4 Å². The first-order valence-electron chi connectivity index (χ1n) is 10.3. The fraction of sp³-hybridized carbons (Fsp3) is 0.700. The highest BCUT2D eigenvalue weighted by Crippen LogP contribution is 2.37. The van der Waals surface area contributed by atoms with E-state index >= 15 is 0 Å². The van der Waals surface area contributed by atoms with Crippen molar-refractivity contribution in [1.82, 2.24) is 0 Å². The van der Waals surface area contributed by atoms with Gasteiger partial charge in [-0.3, -0.25) is 0 Å². The van der Waals surface area contributed by atoms with E-state index in [1.807, 2.05) is 33.8 Å². The topological polar surface area (TPSA) is 74.3 Å². The average Bonchev–Trinajstić information content (AvgIpc) is 3.29. The van der Waals surface area contributed by atoms with Gasteiger partial charge in [0, 0.05) is 25.4 Å². The summed E-state index contributed by atoms with van der Waals surface area (Å²) in [7, 11) is -4.12. The lowest BCUT2D eigenvalue weighted by atomic mass is 9.79. The molecule has 4 rings (SSSR count). The highest BCUT2D eigenvalue weighted by Gasteiger charge is 2.52. The predicted octanol–water partition coefficient (Wildman–Crippen LogP) is 1.39. The van der Waals surface area contributed by atoms with Gasteiger partial charge in [-0.25, -0.2) is 8.42 Å². The number of sulfone groups is 1. The molecule has 0 unspecified atom stereocenters. The number of hydrogen-bond donors (Lipinski definition) is 0. The highest BCUT2D eigenvalue weighted by molar-refractivity contribution is 7.92. The molecule has 0 radical (unpaired) electrons. The Labute approximate surface area is 173 Å². The van der Waals surface area contributed by atoms with Crippen LogP contribution in [0.2, 0.25) is 0 Å². The van der Waals surface area contributed by atoms with Crippen LogP contribution in [0.25, 0.3) is 0 Å². The van der Waals surface area contributed by atoms with Gasteiger partial charge in [0.15, 0.2) is 9.84 Å². The summed E-state index contributed by atoms with van der Waals surface area (Å²) in [6.45, 7) is 11.4. The van der Waals surface area contributed by atoms with Crippen molar-refractivity contribution < 1.29 is 27.2 Å². The highest BCUT2D eigenvalue weighted by atomic mass is 32.2. The van der Waals surface area contributed by atoms with Crippen LogP contribution >= 0.6 is 0 Å². The van der Waals surface area contributed by atoms with Crippen LogP contribution in [0, 0.1) is 0 Å². The maximum atomic E-state index is 13.3. The molecule has 0 aliphatic carbocycles. The zero-order chi connectivity index (χ0) is 20.9. The number of anilines is 1. The molecule has 3 heterocycles. The summed E-state index contributed by atoms with van der Waals surface area (Å²) < 4.78 is 49.8. The van der Waals surface area contributed by atoms with Crippen molar-refractivity contribution in [1.29, 1.82) is 0 Å². The molecule has 7 nitrogen and oxygen atoms in total. The summed E-state index contributed by atoms with van der Waals surface area (Å²) >= 11 is 0. The zero-order valence-corrected chi connectivity index (χ0v) is 18.5. The quantitative estimate of drug-likeness (QED) is 0.678. The Morgan fingerprint density at radius 3 is 2.21 bits per heavy atom. The lowest BCUT2D eigenvalue weighted by Crippen LogP contribution is -2.41. The largest absolute Gasteiger partial charge is 0.494 e. The molecule has 0 saturated carbocycles. The molecule has 160 valence electrons. The molecule has 1 aromatic rings. The van der Waals surface area contributed by atoms with Gasteiger partial charge in [0.05, 0.1) is 41.2 Å². The molecule has 0 N–H and O–H groups in total. The molecular formula is C20H30BNO6S. The number of morpholine rings is 1. The van der Waals surface area contributed by atoms with E-state index < -0.39 is 33.4 Å². The average molecular weight is 423 g/mol. The molecule has 3 aliphatic rings. The Balaban J connectivity index is 1.75.